The number of anilines is 2. The second-order valence-corrected chi connectivity index (χ2v) is 10.1. The molecule has 1 saturated heterocycles. The Morgan fingerprint density at radius 2 is 1.69 bits per heavy atom. The van der Waals surface area contributed by atoms with Gasteiger partial charge in [0.2, 0.25) is 5.91 Å². The summed E-state index contributed by atoms with van der Waals surface area (Å²) in [6, 6.07) is 25.5. The molecule has 1 aromatic heterocycles. The lowest BCUT2D eigenvalue weighted by Gasteiger charge is -2.22. The fraction of sp³-hybridized carbons (Fsp3) is 0.200. The van der Waals surface area contributed by atoms with E-state index in [1.807, 2.05) is 78.2 Å². The van der Waals surface area contributed by atoms with Crippen LogP contribution in [0.3, 0.4) is 0 Å². The maximum atomic E-state index is 13.0. The van der Waals surface area contributed by atoms with Crippen molar-refractivity contribution in [1.29, 1.82) is 0 Å². The van der Waals surface area contributed by atoms with E-state index in [4.69, 9.17) is 4.74 Å². The summed E-state index contributed by atoms with van der Waals surface area (Å²) in [5, 5.41) is 5.15. The number of thiazole rings is 1. The van der Waals surface area contributed by atoms with Crippen LogP contribution in [0.4, 0.5) is 15.6 Å². The van der Waals surface area contributed by atoms with E-state index in [1.54, 1.807) is 24.1 Å². The molecule has 9 heteroatoms. The largest absolute Gasteiger partial charge is 0.445 e. The molecule has 0 bridgehead atoms. The molecule has 8 nitrogen and oxygen atoms in total. The minimum atomic E-state index is -0.604. The second-order valence-electron chi connectivity index (χ2n) is 9.20. The lowest BCUT2D eigenvalue weighted by Crippen LogP contribution is -2.43. The van der Waals surface area contributed by atoms with E-state index in [0.717, 1.165) is 23.2 Å². The molecular formula is C30H28N4O4S. The number of nitrogens with zero attached hydrogens (tertiary/aromatic N) is 3. The predicted octanol–water partition coefficient (Wildman–Crippen LogP) is 5.83. The molecule has 39 heavy (non-hydrogen) atoms. The molecule has 0 saturated carbocycles. The molecule has 4 aromatic rings. The van der Waals surface area contributed by atoms with Gasteiger partial charge in [0.1, 0.15) is 12.6 Å². The van der Waals surface area contributed by atoms with Crippen molar-refractivity contribution in [3.63, 3.8) is 0 Å². The van der Waals surface area contributed by atoms with Gasteiger partial charge in [0.05, 0.1) is 5.69 Å². The fourth-order valence-electron chi connectivity index (χ4n) is 4.46. The molecule has 1 fully saturated rings. The molecule has 1 N–H and O–H groups in total. The number of benzene rings is 3. The highest BCUT2D eigenvalue weighted by Gasteiger charge is 2.35. The van der Waals surface area contributed by atoms with E-state index >= 15 is 0 Å². The Labute approximate surface area is 230 Å². The number of carbonyl (C=O) groups excluding carboxylic acids is 3. The molecule has 198 valence electrons. The monoisotopic (exact) mass is 540 g/mol. The first kappa shape index (κ1) is 26.1. The Bertz CT molecular complexity index is 1440. The molecule has 5 rings (SSSR count). The third-order valence-corrected chi connectivity index (χ3v) is 7.36. The van der Waals surface area contributed by atoms with E-state index in [-0.39, 0.29) is 18.4 Å². The van der Waals surface area contributed by atoms with Crippen LogP contribution in [-0.2, 0) is 16.1 Å². The third-order valence-electron chi connectivity index (χ3n) is 6.61. The number of nitrogens with one attached hydrogen (secondary N) is 1. The Morgan fingerprint density at radius 3 is 2.41 bits per heavy atom. The van der Waals surface area contributed by atoms with Gasteiger partial charge >= 0.3 is 6.09 Å². The molecule has 2 heterocycles. The first-order chi connectivity index (χ1) is 19.0. The first-order valence-electron chi connectivity index (χ1n) is 12.7. The van der Waals surface area contributed by atoms with Crippen molar-refractivity contribution in [2.75, 3.05) is 23.8 Å². The van der Waals surface area contributed by atoms with Crippen molar-refractivity contribution >= 4 is 40.1 Å². The lowest BCUT2D eigenvalue weighted by atomic mass is 10.1. The van der Waals surface area contributed by atoms with Crippen molar-refractivity contribution in [2.45, 2.75) is 25.5 Å². The number of para-hydroxylation sites is 1. The van der Waals surface area contributed by atoms with Crippen molar-refractivity contribution in [3.8, 4) is 11.3 Å². The van der Waals surface area contributed by atoms with Gasteiger partial charge in [0.25, 0.3) is 5.91 Å². The van der Waals surface area contributed by atoms with E-state index in [1.165, 1.54) is 16.2 Å². The van der Waals surface area contributed by atoms with Crippen LogP contribution in [0.25, 0.3) is 11.3 Å². The normalized spacial score (nSPS) is 14.6. The van der Waals surface area contributed by atoms with E-state index in [2.05, 4.69) is 10.3 Å². The summed E-state index contributed by atoms with van der Waals surface area (Å²) in [4.78, 5) is 46.2. The molecule has 1 aliphatic heterocycles. The quantitative estimate of drug-likeness (QED) is 0.319. The van der Waals surface area contributed by atoms with Crippen LogP contribution < -0.4 is 10.2 Å². The second kappa shape index (κ2) is 11.9. The van der Waals surface area contributed by atoms with Crippen LogP contribution >= 0.6 is 11.3 Å². The van der Waals surface area contributed by atoms with Gasteiger partial charge in [-0.25, -0.2) is 9.78 Å². The van der Waals surface area contributed by atoms with Crippen molar-refractivity contribution < 1.29 is 19.1 Å². The number of aromatic nitrogens is 1. The molecule has 1 aliphatic rings. The van der Waals surface area contributed by atoms with Crippen molar-refractivity contribution in [3.05, 3.63) is 101 Å². The highest BCUT2D eigenvalue weighted by atomic mass is 32.1. The summed E-state index contributed by atoms with van der Waals surface area (Å²) in [6.07, 6.45) is 0.799. The number of likely N-dealkylation sites (tertiary alicyclic amines) is 1. The molecule has 1 atom stereocenters. The fourth-order valence-corrected chi connectivity index (χ4v) is 5.18. The molecule has 3 aromatic carbocycles. The lowest BCUT2D eigenvalue weighted by molar-refractivity contribution is -0.120. The van der Waals surface area contributed by atoms with Gasteiger partial charge in [-0.05, 0) is 42.7 Å². The van der Waals surface area contributed by atoms with Gasteiger partial charge in [0.15, 0.2) is 5.13 Å². The summed E-state index contributed by atoms with van der Waals surface area (Å²) in [7, 11) is 1.75. The molecule has 0 aliphatic carbocycles. The first-order valence-corrected chi connectivity index (χ1v) is 13.5. The summed E-state index contributed by atoms with van der Waals surface area (Å²) in [5.41, 5.74) is 3.79. The Morgan fingerprint density at radius 1 is 1.00 bits per heavy atom. The average Bonchev–Trinajstić information content (AvgIpc) is 3.67. The third kappa shape index (κ3) is 6.15. The maximum Gasteiger partial charge on any atom is 0.410 e. The van der Waals surface area contributed by atoms with Crippen LogP contribution in [0.1, 0.15) is 28.8 Å². The Hall–Kier alpha value is -4.50. The summed E-state index contributed by atoms with van der Waals surface area (Å²) < 4.78 is 5.44. The molecule has 0 radical (unpaired) electrons. The molecule has 0 unspecified atom stereocenters. The van der Waals surface area contributed by atoms with Crippen LogP contribution in [0, 0.1) is 0 Å². The average molecular weight is 541 g/mol. The van der Waals surface area contributed by atoms with Crippen molar-refractivity contribution in [1.82, 2.24) is 9.88 Å². The smallest absolute Gasteiger partial charge is 0.410 e. The van der Waals surface area contributed by atoms with Gasteiger partial charge in [-0.1, -0.05) is 60.7 Å². The zero-order valence-corrected chi connectivity index (χ0v) is 22.3. The molecular weight excluding hydrogens is 512 g/mol. The zero-order chi connectivity index (χ0) is 27.2. The summed E-state index contributed by atoms with van der Waals surface area (Å²) in [6.45, 7) is 0.632. The summed E-state index contributed by atoms with van der Waals surface area (Å²) >= 11 is 1.31. The van der Waals surface area contributed by atoms with E-state index < -0.39 is 12.1 Å². The van der Waals surface area contributed by atoms with Gasteiger partial charge in [-0.3, -0.25) is 14.5 Å². The van der Waals surface area contributed by atoms with Gasteiger partial charge < -0.3 is 15.0 Å². The number of hydrogen-bond acceptors (Lipinski definition) is 6. The number of rotatable bonds is 7. The van der Waals surface area contributed by atoms with Gasteiger partial charge in [-0.15, -0.1) is 11.3 Å². The molecule has 0 spiro atoms. The topological polar surface area (TPSA) is 91.8 Å². The summed E-state index contributed by atoms with van der Waals surface area (Å²) in [5.74, 6) is -0.391. The van der Waals surface area contributed by atoms with E-state index in [0.29, 0.717) is 29.4 Å². The highest BCUT2D eigenvalue weighted by molar-refractivity contribution is 7.14. The van der Waals surface area contributed by atoms with Crippen LogP contribution in [0.2, 0.25) is 0 Å². The minimum absolute atomic E-state index is 0.109. The van der Waals surface area contributed by atoms with Crippen LogP contribution in [-0.4, -0.2) is 47.4 Å². The SMILES string of the molecule is CN(C(=O)c1ccc(-c2csc(NC(=O)[C@@H]3CCCN3C(=O)OCc3ccccc3)n2)cc1)c1ccccc1. The number of ether oxygens (including phenoxy) is 1. The highest BCUT2D eigenvalue weighted by Crippen LogP contribution is 2.27. The standard InChI is InChI=1S/C30H28N4O4S/c1-33(24-11-6-3-7-12-24)28(36)23-16-14-22(15-17-23)25-20-39-29(31-25)32-27(35)26-13-8-18-34(26)30(37)38-19-21-9-4-2-5-10-21/h2-7,9-12,14-17,20,26H,8,13,18-19H2,1H3,(H,31,32,35)/t26-/m0/s1. The minimum Gasteiger partial charge on any atom is -0.445 e. The van der Waals surface area contributed by atoms with Gasteiger partial charge in [-0.2, -0.15) is 0 Å². The van der Waals surface area contributed by atoms with Crippen LogP contribution in [0.5, 0.6) is 0 Å². The Balaban J connectivity index is 1.18. The molecule has 3 amide bonds. The zero-order valence-electron chi connectivity index (χ0n) is 21.4. The number of hydrogen-bond donors (Lipinski definition) is 1. The van der Waals surface area contributed by atoms with Crippen LogP contribution in [0.15, 0.2) is 90.3 Å². The van der Waals surface area contributed by atoms with Gasteiger partial charge in [0, 0.05) is 35.8 Å². The van der Waals surface area contributed by atoms with E-state index in [9.17, 15) is 14.4 Å². The number of amides is 3. The maximum absolute atomic E-state index is 13.0. The van der Waals surface area contributed by atoms with Crippen molar-refractivity contribution in [2.24, 2.45) is 0 Å². The predicted molar refractivity (Wildman–Crippen MR) is 152 cm³/mol. The number of carbonyl (C=O) groups is 3. The Kier molecular flexibility index (Phi) is 7.98.